The third kappa shape index (κ3) is 6.30. The summed E-state index contributed by atoms with van der Waals surface area (Å²) in [5.74, 6) is 1.82. The molecule has 0 N–H and O–H groups in total. The molecule has 6 nitrogen and oxygen atoms in total. The third-order valence-electron chi connectivity index (χ3n) is 13.7. The van der Waals surface area contributed by atoms with Crippen molar-refractivity contribution in [1.29, 1.82) is 0 Å². The molecule has 0 saturated carbocycles. The molecule has 322 valence electrons. The van der Waals surface area contributed by atoms with Crippen LogP contribution in [-0.2, 0) is 0 Å². The van der Waals surface area contributed by atoms with E-state index in [1.165, 1.54) is 43.4 Å². The van der Waals surface area contributed by atoms with Crippen LogP contribution in [0, 0.1) is 0 Å². The van der Waals surface area contributed by atoms with Crippen molar-refractivity contribution >= 4 is 65.4 Å². The summed E-state index contributed by atoms with van der Waals surface area (Å²) in [5, 5.41) is 7.28. The predicted molar refractivity (Wildman–Crippen MR) is 285 cm³/mol. The van der Waals surface area contributed by atoms with Gasteiger partial charge in [-0.05, 0) is 96.1 Å². The van der Waals surface area contributed by atoms with Crippen molar-refractivity contribution in [1.82, 2.24) is 28.7 Å². The Morgan fingerprint density at radius 3 is 1.04 bits per heavy atom. The number of hydrogen-bond acceptors (Lipinski definition) is 3. The van der Waals surface area contributed by atoms with Gasteiger partial charge in [-0.3, -0.25) is 0 Å². The van der Waals surface area contributed by atoms with Gasteiger partial charge in [0.25, 0.3) is 0 Å². The molecule has 0 aliphatic carbocycles. The quantitative estimate of drug-likeness (QED) is 0.160. The Balaban J connectivity index is 0.916. The molecule has 14 aromatic rings. The molecule has 0 aliphatic heterocycles. The maximum absolute atomic E-state index is 5.25. The summed E-state index contributed by atoms with van der Waals surface area (Å²) >= 11 is 0. The van der Waals surface area contributed by atoms with Crippen molar-refractivity contribution < 1.29 is 0 Å². The highest BCUT2D eigenvalue weighted by molar-refractivity contribution is 6.19. The van der Waals surface area contributed by atoms with E-state index in [1.54, 1.807) is 0 Å². The van der Waals surface area contributed by atoms with Gasteiger partial charge in [0.15, 0.2) is 17.5 Å². The number of rotatable bonds is 7. The Morgan fingerprint density at radius 2 is 0.536 bits per heavy atom. The van der Waals surface area contributed by atoms with E-state index in [1.807, 2.05) is 6.07 Å². The molecule has 14 rings (SSSR count). The first-order chi connectivity index (χ1) is 34.2. The average Bonchev–Trinajstić information content (AvgIpc) is 4.06. The highest BCUT2D eigenvalue weighted by Gasteiger charge is 2.20. The van der Waals surface area contributed by atoms with Crippen LogP contribution in [0.25, 0.3) is 128 Å². The topological polar surface area (TPSA) is 53.5 Å². The van der Waals surface area contributed by atoms with Crippen molar-refractivity contribution in [2.75, 3.05) is 0 Å². The molecule has 0 unspecified atom stereocenters. The zero-order valence-electron chi connectivity index (χ0n) is 37.3. The molecule has 0 spiro atoms. The second kappa shape index (κ2) is 15.6. The summed E-state index contributed by atoms with van der Waals surface area (Å²) < 4.78 is 7.11. The molecule has 4 aromatic heterocycles. The Hall–Kier alpha value is -9.39. The number of fused-ring (bicyclic) bond motifs is 9. The molecule has 0 radical (unpaired) electrons. The van der Waals surface area contributed by atoms with Gasteiger partial charge in [-0.15, -0.1) is 0 Å². The van der Waals surface area contributed by atoms with Gasteiger partial charge in [-0.2, -0.15) is 0 Å². The summed E-state index contributed by atoms with van der Waals surface area (Å²) in [7, 11) is 0. The lowest BCUT2D eigenvalue weighted by Crippen LogP contribution is -2.01. The number of para-hydroxylation sites is 5. The fourth-order valence-electron chi connectivity index (χ4n) is 10.5. The number of hydrogen-bond donors (Lipinski definition) is 0. The monoisotopic (exact) mass is 880 g/mol. The van der Waals surface area contributed by atoms with E-state index < -0.39 is 0 Å². The Bertz CT molecular complexity index is 4220. The normalized spacial score (nSPS) is 11.8. The fourth-order valence-corrected chi connectivity index (χ4v) is 10.5. The second-order valence-electron chi connectivity index (χ2n) is 17.6. The van der Waals surface area contributed by atoms with Crippen LogP contribution in [0.4, 0.5) is 0 Å². The van der Waals surface area contributed by atoms with Crippen molar-refractivity contribution in [3.63, 3.8) is 0 Å². The van der Waals surface area contributed by atoms with Crippen molar-refractivity contribution in [3.8, 4) is 62.4 Å². The van der Waals surface area contributed by atoms with E-state index in [0.29, 0.717) is 17.5 Å². The average molecular weight is 881 g/mol. The summed E-state index contributed by atoms with van der Waals surface area (Å²) in [4.78, 5) is 15.7. The van der Waals surface area contributed by atoms with Crippen LogP contribution < -0.4 is 0 Å². The van der Waals surface area contributed by atoms with E-state index in [9.17, 15) is 0 Å². The molecule has 10 aromatic carbocycles. The second-order valence-corrected chi connectivity index (χ2v) is 17.6. The summed E-state index contributed by atoms with van der Waals surface area (Å²) in [6.45, 7) is 0. The molecule has 0 fully saturated rings. The molecule has 0 aliphatic rings. The molecule has 0 atom stereocenters. The third-order valence-corrected chi connectivity index (χ3v) is 13.7. The van der Waals surface area contributed by atoms with E-state index in [-0.39, 0.29) is 0 Å². The molecule has 4 heterocycles. The van der Waals surface area contributed by atoms with Crippen LogP contribution in [0.3, 0.4) is 0 Å². The molecule has 0 bridgehead atoms. The Labute approximate surface area is 397 Å². The van der Waals surface area contributed by atoms with E-state index in [0.717, 1.165) is 66.9 Å². The summed E-state index contributed by atoms with van der Waals surface area (Å²) in [5.41, 5.74) is 15.2. The molecular formula is C63H40N6. The van der Waals surface area contributed by atoms with Gasteiger partial charge < -0.3 is 13.7 Å². The zero-order chi connectivity index (χ0) is 45.4. The minimum atomic E-state index is 0.605. The largest absolute Gasteiger partial charge is 0.309 e. The maximum atomic E-state index is 5.25. The van der Waals surface area contributed by atoms with Gasteiger partial charge in [0.2, 0.25) is 0 Å². The van der Waals surface area contributed by atoms with Gasteiger partial charge in [0, 0.05) is 66.1 Å². The number of nitrogens with zero attached hydrogens (tertiary/aromatic N) is 6. The first-order valence-corrected chi connectivity index (χ1v) is 23.4. The lowest BCUT2D eigenvalue weighted by Gasteiger charge is -2.12. The van der Waals surface area contributed by atoms with Crippen molar-refractivity contribution in [2.45, 2.75) is 0 Å². The van der Waals surface area contributed by atoms with Crippen LogP contribution >= 0.6 is 0 Å². The highest BCUT2D eigenvalue weighted by Crippen LogP contribution is 2.40. The van der Waals surface area contributed by atoms with Gasteiger partial charge in [0.1, 0.15) is 0 Å². The lowest BCUT2D eigenvalue weighted by molar-refractivity contribution is 1.07. The fraction of sp³-hybridized carbons (Fsp3) is 0. The van der Waals surface area contributed by atoms with E-state index in [4.69, 9.17) is 15.0 Å². The van der Waals surface area contributed by atoms with Crippen LogP contribution in [-0.4, -0.2) is 28.7 Å². The number of benzene rings is 10. The van der Waals surface area contributed by atoms with Crippen molar-refractivity contribution in [2.24, 2.45) is 0 Å². The Morgan fingerprint density at radius 1 is 0.203 bits per heavy atom. The maximum Gasteiger partial charge on any atom is 0.164 e. The molecule has 6 heteroatoms. The van der Waals surface area contributed by atoms with Gasteiger partial charge in [0.05, 0.1) is 33.1 Å². The minimum Gasteiger partial charge on any atom is -0.309 e. The highest BCUT2D eigenvalue weighted by atomic mass is 15.0. The van der Waals surface area contributed by atoms with E-state index in [2.05, 4.69) is 250 Å². The van der Waals surface area contributed by atoms with Gasteiger partial charge >= 0.3 is 0 Å². The summed E-state index contributed by atoms with van der Waals surface area (Å²) in [6, 6.07) is 86.2. The first kappa shape index (κ1) is 38.8. The lowest BCUT2D eigenvalue weighted by atomic mass is 10.0. The standard InChI is InChI=1S/C63H40N6/c1-3-16-41(17-4-1)42-30-32-43(33-31-42)61-64-62(66-63(65-61)45-18-15-21-48(38-45)69-55-26-11-7-22-49(55)50-23-8-12-27-56(50)69)44-34-36-47(37-35-44)68-58-29-14-10-25-52(58)54-39-59-53(40-60(54)68)51-24-9-13-28-57(51)67(59)46-19-5-2-6-20-46/h1-40H. The minimum absolute atomic E-state index is 0.605. The zero-order valence-corrected chi connectivity index (χ0v) is 37.3. The molecule has 69 heavy (non-hydrogen) atoms. The predicted octanol–water partition coefficient (Wildman–Crippen LogP) is 15.8. The van der Waals surface area contributed by atoms with Gasteiger partial charge in [-0.1, -0.05) is 158 Å². The van der Waals surface area contributed by atoms with Crippen LogP contribution in [0.2, 0.25) is 0 Å². The molecule has 0 saturated heterocycles. The smallest absolute Gasteiger partial charge is 0.164 e. The number of aromatic nitrogens is 6. The molecular weight excluding hydrogens is 841 g/mol. The summed E-state index contributed by atoms with van der Waals surface area (Å²) in [6.07, 6.45) is 0. The molecule has 0 amide bonds. The van der Waals surface area contributed by atoms with Crippen LogP contribution in [0.15, 0.2) is 243 Å². The van der Waals surface area contributed by atoms with Crippen molar-refractivity contribution in [3.05, 3.63) is 243 Å². The SMILES string of the molecule is c1ccc(-c2ccc(-c3nc(-c4ccc(-n5c6ccccc6c6cc7c(cc65)c5ccccc5n7-c5ccccc5)cc4)nc(-c4cccc(-n5c6ccccc6c6ccccc65)c4)n3)cc2)cc1. The van der Waals surface area contributed by atoms with Crippen LogP contribution in [0.5, 0.6) is 0 Å². The van der Waals surface area contributed by atoms with E-state index >= 15 is 0 Å². The van der Waals surface area contributed by atoms with Crippen LogP contribution in [0.1, 0.15) is 0 Å². The Kier molecular flexibility index (Phi) is 8.79. The first-order valence-electron chi connectivity index (χ1n) is 23.4. The van der Waals surface area contributed by atoms with Gasteiger partial charge in [-0.25, -0.2) is 15.0 Å².